The zero-order valence-corrected chi connectivity index (χ0v) is 23.5. The van der Waals surface area contributed by atoms with Gasteiger partial charge < -0.3 is 8.83 Å². The molecule has 10 aromatic rings. The molecular weight excluding hydrogens is 538 g/mol. The largest absolute Gasteiger partial charge is 0.456 e. The Bertz CT molecular complexity index is 2780. The fraction of sp³-hybridized carbons (Fsp3) is 0. The van der Waals surface area contributed by atoms with Crippen LogP contribution in [0.1, 0.15) is 0 Å². The Morgan fingerprint density at radius 2 is 0.818 bits per heavy atom. The van der Waals surface area contributed by atoms with E-state index in [9.17, 15) is 0 Å². The second-order valence-electron chi connectivity index (χ2n) is 11.4. The molecule has 3 heterocycles. The van der Waals surface area contributed by atoms with E-state index in [-0.39, 0.29) is 0 Å². The molecule has 3 aromatic heterocycles. The van der Waals surface area contributed by atoms with Crippen molar-refractivity contribution in [2.24, 2.45) is 0 Å². The Morgan fingerprint density at radius 3 is 1.45 bits per heavy atom. The van der Waals surface area contributed by atoms with Crippen molar-refractivity contribution >= 4 is 76.3 Å². The Morgan fingerprint density at radius 1 is 0.341 bits per heavy atom. The summed E-state index contributed by atoms with van der Waals surface area (Å²) in [5.41, 5.74) is 9.18. The lowest BCUT2D eigenvalue weighted by Crippen LogP contribution is -1.94. The molecule has 0 saturated carbocycles. The summed E-state index contributed by atoms with van der Waals surface area (Å²) in [5.74, 6) is 0. The summed E-state index contributed by atoms with van der Waals surface area (Å²) < 4.78 is 12.7. The van der Waals surface area contributed by atoms with Crippen LogP contribution in [0.3, 0.4) is 0 Å². The number of aromatic nitrogens is 1. The van der Waals surface area contributed by atoms with Gasteiger partial charge in [0, 0.05) is 43.9 Å². The lowest BCUT2D eigenvalue weighted by Gasteiger charge is -2.20. The van der Waals surface area contributed by atoms with Gasteiger partial charge in [0.15, 0.2) is 0 Å². The second-order valence-corrected chi connectivity index (χ2v) is 11.4. The van der Waals surface area contributed by atoms with Crippen LogP contribution < -0.4 is 0 Å². The summed E-state index contributed by atoms with van der Waals surface area (Å²) >= 11 is 0. The van der Waals surface area contributed by atoms with Crippen molar-refractivity contribution in [2.45, 2.75) is 0 Å². The lowest BCUT2D eigenvalue weighted by molar-refractivity contribution is 0.668. The van der Waals surface area contributed by atoms with Crippen LogP contribution in [0, 0.1) is 0 Å². The molecule has 44 heavy (non-hydrogen) atoms. The van der Waals surface area contributed by atoms with Gasteiger partial charge in [-0.1, -0.05) is 103 Å². The van der Waals surface area contributed by atoms with E-state index in [0.29, 0.717) is 0 Å². The molecule has 0 aliphatic carbocycles. The van der Waals surface area contributed by atoms with E-state index >= 15 is 0 Å². The van der Waals surface area contributed by atoms with Crippen molar-refractivity contribution in [3.05, 3.63) is 140 Å². The molecule has 0 fully saturated rings. The first-order valence-electron chi connectivity index (χ1n) is 14.9. The maximum atomic E-state index is 6.38. The summed E-state index contributed by atoms with van der Waals surface area (Å²) in [6.45, 7) is 0. The average Bonchev–Trinajstić information content (AvgIpc) is 3.66. The van der Waals surface area contributed by atoms with E-state index in [1.807, 2.05) is 24.3 Å². The third-order valence-corrected chi connectivity index (χ3v) is 9.10. The monoisotopic (exact) mass is 561 g/mol. The smallest absolute Gasteiger partial charge is 0.136 e. The first kappa shape index (κ1) is 23.6. The quantitative estimate of drug-likeness (QED) is 0.156. The number of nitrogens with zero attached hydrogens (tertiary/aromatic N) is 1. The first-order chi connectivity index (χ1) is 21.8. The first-order valence-corrected chi connectivity index (χ1v) is 14.9. The van der Waals surface area contributed by atoms with Crippen molar-refractivity contribution in [1.82, 2.24) is 4.98 Å². The minimum Gasteiger partial charge on any atom is -0.456 e. The molecule has 3 nitrogen and oxygen atoms in total. The molecule has 0 bridgehead atoms. The highest BCUT2D eigenvalue weighted by Gasteiger charge is 2.23. The van der Waals surface area contributed by atoms with Gasteiger partial charge in [-0.15, -0.1) is 0 Å². The van der Waals surface area contributed by atoms with Crippen LogP contribution in [-0.2, 0) is 0 Å². The van der Waals surface area contributed by atoms with Gasteiger partial charge in [0.1, 0.15) is 22.3 Å². The highest BCUT2D eigenvalue weighted by atomic mass is 16.3. The van der Waals surface area contributed by atoms with Gasteiger partial charge >= 0.3 is 0 Å². The number of hydrogen-bond donors (Lipinski definition) is 0. The Balaban J connectivity index is 1.47. The fourth-order valence-electron chi connectivity index (χ4n) is 7.33. The third kappa shape index (κ3) is 3.13. The number of para-hydroxylation sites is 3. The molecule has 0 amide bonds. The maximum absolute atomic E-state index is 6.38. The van der Waals surface area contributed by atoms with Gasteiger partial charge in [-0.2, -0.15) is 0 Å². The molecule has 0 spiro atoms. The minimum atomic E-state index is 0.883. The SMILES string of the molecule is c1ccc2c(c1)ncc1c(-c3cccc4oc5ccccc5c34)c3ccccc3c(-c3cccc4oc5ccccc5c34)c12. The number of hydrogen-bond acceptors (Lipinski definition) is 3. The standard InChI is InChI=1S/C41H23NO2/c1-2-12-25-24(11-1)37(29-16-9-21-35-38(29)27-14-4-7-19-33(27)43-35)31-23-42-32-18-6-3-13-26(32)41(31)40(25)30-17-10-22-36-39(30)28-15-5-8-20-34(28)44-36/h1-23H. The van der Waals surface area contributed by atoms with Crippen molar-refractivity contribution < 1.29 is 8.83 Å². The van der Waals surface area contributed by atoms with Crippen molar-refractivity contribution in [1.29, 1.82) is 0 Å². The second kappa shape index (κ2) is 8.79. The summed E-state index contributed by atoms with van der Waals surface area (Å²) in [6, 6.07) is 46.7. The zero-order valence-electron chi connectivity index (χ0n) is 23.5. The van der Waals surface area contributed by atoms with E-state index in [4.69, 9.17) is 13.8 Å². The van der Waals surface area contributed by atoms with Gasteiger partial charge in [0.25, 0.3) is 0 Å². The maximum Gasteiger partial charge on any atom is 0.136 e. The van der Waals surface area contributed by atoms with E-state index in [0.717, 1.165) is 71.3 Å². The molecule has 7 aromatic carbocycles. The van der Waals surface area contributed by atoms with Crippen LogP contribution in [-0.4, -0.2) is 4.98 Å². The molecule has 0 saturated heterocycles. The van der Waals surface area contributed by atoms with Crippen molar-refractivity contribution in [3.8, 4) is 22.3 Å². The predicted molar refractivity (Wildman–Crippen MR) is 182 cm³/mol. The van der Waals surface area contributed by atoms with Crippen LogP contribution >= 0.6 is 0 Å². The molecule has 0 radical (unpaired) electrons. The fourth-order valence-corrected chi connectivity index (χ4v) is 7.33. The van der Waals surface area contributed by atoms with Gasteiger partial charge in [0.2, 0.25) is 0 Å². The topological polar surface area (TPSA) is 39.2 Å². The van der Waals surface area contributed by atoms with E-state index in [1.165, 1.54) is 27.3 Å². The summed E-state index contributed by atoms with van der Waals surface area (Å²) in [6.07, 6.45) is 2.07. The number of rotatable bonds is 2. The van der Waals surface area contributed by atoms with E-state index in [1.54, 1.807) is 0 Å². The summed E-state index contributed by atoms with van der Waals surface area (Å²) in [7, 11) is 0. The highest BCUT2D eigenvalue weighted by Crippen LogP contribution is 2.50. The minimum absolute atomic E-state index is 0.883. The van der Waals surface area contributed by atoms with E-state index in [2.05, 4.69) is 115 Å². The van der Waals surface area contributed by atoms with Crippen molar-refractivity contribution in [3.63, 3.8) is 0 Å². The Labute approximate surface area is 251 Å². The Kier molecular flexibility index (Phi) is 4.72. The lowest BCUT2D eigenvalue weighted by atomic mass is 9.83. The molecule has 0 atom stereocenters. The molecule has 0 aliphatic rings. The molecular formula is C41H23NO2. The van der Waals surface area contributed by atoms with Crippen molar-refractivity contribution in [2.75, 3.05) is 0 Å². The zero-order chi connectivity index (χ0) is 28.8. The summed E-state index contributed by atoms with van der Waals surface area (Å²) in [4.78, 5) is 5.03. The number of benzene rings is 7. The van der Waals surface area contributed by atoms with Crippen LogP contribution in [0.4, 0.5) is 0 Å². The van der Waals surface area contributed by atoms with Gasteiger partial charge in [-0.3, -0.25) is 4.98 Å². The average molecular weight is 562 g/mol. The third-order valence-electron chi connectivity index (χ3n) is 9.10. The van der Waals surface area contributed by atoms with Crippen LogP contribution in [0.25, 0.3) is 98.6 Å². The molecule has 10 rings (SSSR count). The summed E-state index contributed by atoms with van der Waals surface area (Å²) in [5, 5.41) is 10.3. The molecule has 0 N–H and O–H groups in total. The highest BCUT2D eigenvalue weighted by molar-refractivity contribution is 6.31. The normalized spacial score (nSPS) is 12.1. The predicted octanol–water partition coefficient (Wildman–Crippen LogP) is 11.7. The van der Waals surface area contributed by atoms with Crippen LogP contribution in [0.2, 0.25) is 0 Å². The number of pyridine rings is 1. The molecule has 0 aliphatic heterocycles. The van der Waals surface area contributed by atoms with Crippen LogP contribution in [0.15, 0.2) is 148 Å². The molecule has 204 valence electrons. The molecule has 3 heteroatoms. The van der Waals surface area contributed by atoms with Crippen LogP contribution in [0.5, 0.6) is 0 Å². The number of furan rings is 2. The molecule has 0 unspecified atom stereocenters. The number of fused-ring (bicyclic) bond motifs is 10. The van der Waals surface area contributed by atoms with Gasteiger partial charge in [-0.05, 0) is 63.4 Å². The van der Waals surface area contributed by atoms with Gasteiger partial charge in [-0.25, -0.2) is 0 Å². The van der Waals surface area contributed by atoms with E-state index < -0.39 is 0 Å². The Hall–Kier alpha value is -5.93. The van der Waals surface area contributed by atoms with Gasteiger partial charge in [0.05, 0.1) is 5.52 Å².